The number of carbonyl (C=O) groups excluding carboxylic acids is 1. The zero-order valence-electron chi connectivity index (χ0n) is 10.1. The Bertz CT molecular complexity index is 647. The number of carbonyl (C=O) groups is 1. The fourth-order valence-electron chi connectivity index (χ4n) is 1.50. The van der Waals surface area contributed by atoms with E-state index >= 15 is 0 Å². The third-order valence-electron chi connectivity index (χ3n) is 2.46. The van der Waals surface area contributed by atoms with E-state index in [4.69, 9.17) is 4.74 Å². The van der Waals surface area contributed by atoms with Crippen LogP contribution in [0.5, 0.6) is 5.75 Å². The highest BCUT2D eigenvalue weighted by molar-refractivity contribution is 9.10. The van der Waals surface area contributed by atoms with E-state index in [2.05, 4.69) is 26.2 Å². The van der Waals surface area contributed by atoms with E-state index in [1.165, 1.54) is 18.3 Å². The predicted octanol–water partition coefficient (Wildman–Crippen LogP) is 2.40. The molecule has 2 aromatic rings. The van der Waals surface area contributed by atoms with Gasteiger partial charge in [-0.3, -0.25) is 9.59 Å². The molecule has 0 aliphatic carbocycles. The predicted molar refractivity (Wildman–Crippen MR) is 75.7 cm³/mol. The fourth-order valence-corrected chi connectivity index (χ4v) is 2.04. The number of hydrogen-bond acceptors (Lipinski definition) is 3. The Morgan fingerprint density at radius 2 is 2.11 bits per heavy atom. The first kappa shape index (κ1) is 13.4. The Balaban J connectivity index is 2.17. The van der Waals surface area contributed by atoms with E-state index in [1.54, 1.807) is 25.3 Å². The molecule has 1 aromatic heterocycles. The minimum Gasteiger partial charge on any atom is -0.496 e. The number of halogens is 1. The lowest BCUT2D eigenvalue weighted by atomic mass is 10.2. The Morgan fingerprint density at radius 1 is 1.32 bits per heavy atom. The largest absolute Gasteiger partial charge is 0.496 e. The Morgan fingerprint density at radius 3 is 2.68 bits per heavy atom. The summed E-state index contributed by atoms with van der Waals surface area (Å²) in [4.78, 5) is 25.3. The number of amides is 1. The molecule has 5 nitrogen and oxygen atoms in total. The lowest BCUT2D eigenvalue weighted by Crippen LogP contribution is -2.14. The van der Waals surface area contributed by atoms with Crippen molar-refractivity contribution in [2.45, 2.75) is 0 Å². The molecule has 98 valence electrons. The maximum Gasteiger partial charge on any atom is 0.257 e. The molecule has 0 atom stereocenters. The summed E-state index contributed by atoms with van der Waals surface area (Å²) in [6, 6.07) is 7.98. The summed E-state index contributed by atoms with van der Waals surface area (Å²) in [5, 5.41) is 2.72. The van der Waals surface area contributed by atoms with Gasteiger partial charge in [-0.25, -0.2) is 0 Å². The van der Waals surface area contributed by atoms with Gasteiger partial charge in [0.2, 0.25) is 5.56 Å². The lowest BCUT2D eigenvalue weighted by molar-refractivity contribution is 0.102. The molecule has 0 radical (unpaired) electrons. The maximum atomic E-state index is 11.9. The van der Waals surface area contributed by atoms with Crippen LogP contribution >= 0.6 is 15.9 Å². The summed E-state index contributed by atoms with van der Waals surface area (Å²) in [5.41, 5.74) is 0.763. The number of anilines is 1. The first-order valence-electron chi connectivity index (χ1n) is 5.44. The number of ether oxygens (including phenoxy) is 1. The number of rotatable bonds is 3. The highest BCUT2D eigenvalue weighted by Gasteiger charge is 2.07. The summed E-state index contributed by atoms with van der Waals surface area (Å²) >= 11 is 3.34. The zero-order valence-corrected chi connectivity index (χ0v) is 11.7. The van der Waals surface area contributed by atoms with Crippen molar-refractivity contribution in [2.75, 3.05) is 12.4 Å². The van der Waals surface area contributed by atoms with Crippen molar-refractivity contribution in [2.24, 2.45) is 0 Å². The van der Waals surface area contributed by atoms with E-state index in [0.717, 1.165) is 4.47 Å². The molecular weight excluding hydrogens is 312 g/mol. The van der Waals surface area contributed by atoms with E-state index in [1.807, 2.05) is 0 Å². The third kappa shape index (κ3) is 3.23. The minimum atomic E-state index is -0.298. The number of pyridine rings is 1. The first-order valence-corrected chi connectivity index (χ1v) is 6.23. The number of nitrogens with one attached hydrogen (secondary N) is 2. The number of benzene rings is 1. The standard InChI is InChI=1S/C13H11BrN2O3/c1-19-11-4-3-9(6-10(11)14)16-13(18)8-2-5-12(17)15-7-8/h2-7H,1H3,(H,15,17)(H,16,18). The molecule has 0 aliphatic rings. The first-order chi connectivity index (χ1) is 9.10. The molecule has 1 amide bonds. The zero-order chi connectivity index (χ0) is 13.8. The van der Waals surface area contributed by atoms with Crippen LogP contribution in [0.2, 0.25) is 0 Å². The van der Waals surface area contributed by atoms with Gasteiger partial charge in [0.1, 0.15) is 5.75 Å². The van der Waals surface area contributed by atoms with Crippen LogP contribution < -0.4 is 15.6 Å². The summed E-state index contributed by atoms with van der Waals surface area (Å²) < 4.78 is 5.85. The van der Waals surface area contributed by atoms with Crippen molar-refractivity contribution in [3.63, 3.8) is 0 Å². The van der Waals surface area contributed by atoms with Gasteiger partial charge in [-0.2, -0.15) is 0 Å². The smallest absolute Gasteiger partial charge is 0.257 e. The highest BCUT2D eigenvalue weighted by Crippen LogP contribution is 2.27. The molecule has 6 heteroatoms. The normalized spacial score (nSPS) is 10.0. The SMILES string of the molecule is COc1ccc(NC(=O)c2ccc(=O)[nH]c2)cc1Br. The molecule has 0 bridgehead atoms. The second kappa shape index (κ2) is 5.71. The van der Waals surface area contributed by atoms with E-state index < -0.39 is 0 Å². The van der Waals surface area contributed by atoms with Crippen molar-refractivity contribution >= 4 is 27.5 Å². The van der Waals surface area contributed by atoms with Crippen LogP contribution in [0.3, 0.4) is 0 Å². The van der Waals surface area contributed by atoms with Gasteiger partial charge in [0, 0.05) is 18.0 Å². The summed E-state index contributed by atoms with van der Waals surface area (Å²) in [5.74, 6) is 0.385. The molecule has 2 N–H and O–H groups in total. The fraction of sp³-hybridized carbons (Fsp3) is 0.0769. The Kier molecular flexibility index (Phi) is 4.01. The van der Waals surface area contributed by atoms with Gasteiger partial charge >= 0.3 is 0 Å². The van der Waals surface area contributed by atoms with E-state index in [9.17, 15) is 9.59 Å². The van der Waals surface area contributed by atoms with Crippen LogP contribution in [-0.4, -0.2) is 18.0 Å². The Hall–Kier alpha value is -2.08. The topological polar surface area (TPSA) is 71.2 Å². The molecule has 0 spiro atoms. The summed E-state index contributed by atoms with van der Waals surface area (Å²) in [6.07, 6.45) is 1.37. The highest BCUT2D eigenvalue weighted by atomic mass is 79.9. The van der Waals surface area contributed by atoms with E-state index in [-0.39, 0.29) is 11.5 Å². The van der Waals surface area contributed by atoms with Crippen LogP contribution in [0.15, 0.2) is 45.8 Å². The monoisotopic (exact) mass is 322 g/mol. The average Bonchev–Trinajstić information content (AvgIpc) is 2.39. The van der Waals surface area contributed by atoms with Gasteiger partial charge < -0.3 is 15.0 Å². The molecule has 0 aliphatic heterocycles. The molecule has 0 saturated carbocycles. The molecule has 0 unspecified atom stereocenters. The van der Waals surface area contributed by atoms with Crippen molar-refractivity contribution < 1.29 is 9.53 Å². The van der Waals surface area contributed by atoms with Crippen molar-refractivity contribution in [1.29, 1.82) is 0 Å². The average molecular weight is 323 g/mol. The molecule has 19 heavy (non-hydrogen) atoms. The van der Waals surface area contributed by atoms with Crippen LogP contribution in [-0.2, 0) is 0 Å². The third-order valence-corrected chi connectivity index (χ3v) is 3.08. The van der Waals surface area contributed by atoms with Crippen LogP contribution in [0, 0.1) is 0 Å². The molecule has 1 aromatic carbocycles. The van der Waals surface area contributed by atoms with Gasteiger partial charge in [0.25, 0.3) is 5.91 Å². The van der Waals surface area contributed by atoms with Gasteiger partial charge in [0.05, 0.1) is 17.1 Å². The number of hydrogen-bond donors (Lipinski definition) is 2. The van der Waals surface area contributed by atoms with Crippen molar-refractivity contribution in [3.05, 3.63) is 56.9 Å². The minimum absolute atomic E-state index is 0.247. The second-order valence-corrected chi connectivity index (χ2v) is 4.60. The molecule has 2 rings (SSSR count). The molecule has 1 heterocycles. The van der Waals surface area contributed by atoms with Crippen molar-refractivity contribution in [1.82, 2.24) is 4.98 Å². The number of H-pyrrole nitrogens is 1. The van der Waals surface area contributed by atoms with Gasteiger partial charge in [-0.15, -0.1) is 0 Å². The Labute approximate surface area is 117 Å². The van der Waals surface area contributed by atoms with Gasteiger partial charge in [-0.05, 0) is 40.2 Å². The number of methoxy groups -OCH3 is 1. The van der Waals surface area contributed by atoms with Gasteiger partial charge in [-0.1, -0.05) is 0 Å². The van der Waals surface area contributed by atoms with Crippen LogP contribution in [0.1, 0.15) is 10.4 Å². The number of aromatic amines is 1. The van der Waals surface area contributed by atoms with E-state index in [0.29, 0.717) is 17.0 Å². The number of aromatic nitrogens is 1. The van der Waals surface area contributed by atoms with Gasteiger partial charge in [0.15, 0.2) is 0 Å². The molecule has 0 saturated heterocycles. The summed E-state index contributed by atoms with van der Waals surface area (Å²) in [6.45, 7) is 0. The lowest BCUT2D eigenvalue weighted by Gasteiger charge is -2.08. The summed E-state index contributed by atoms with van der Waals surface area (Å²) in [7, 11) is 1.57. The van der Waals surface area contributed by atoms with Crippen LogP contribution in [0.4, 0.5) is 5.69 Å². The molecule has 0 fully saturated rings. The molecular formula is C13H11BrN2O3. The maximum absolute atomic E-state index is 11.9. The van der Waals surface area contributed by atoms with Crippen LogP contribution in [0.25, 0.3) is 0 Å². The second-order valence-electron chi connectivity index (χ2n) is 3.75. The van der Waals surface area contributed by atoms with Crippen molar-refractivity contribution in [3.8, 4) is 5.75 Å². The quantitative estimate of drug-likeness (QED) is 0.911.